The minimum absolute atomic E-state index is 0.331. The van der Waals surface area contributed by atoms with Crippen molar-refractivity contribution in [3.05, 3.63) is 53.1 Å². The molecule has 5 nitrogen and oxygen atoms in total. The van der Waals surface area contributed by atoms with Crippen molar-refractivity contribution in [3.8, 4) is 16.9 Å². The number of hydrogen-bond donors (Lipinski definition) is 0. The van der Waals surface area contributed by atoms with Crippen LogP contribution >= 0.6 is 0 Å². The molecular weight excluding hydrogens is 284 g/mol. The minimum Gasteiger partial charge on any atom is -0.487 e. The van der Waals surface area contributed by atoms with Gasteiger partial charge in [-0.25, -0.2) is 9.59 Å². The molecule has 112 valence electrons. The Hall–Kier alpha value is -2.82. The number of para-hydroxylation sites is 1. The first-order chi connectivity index (χ1) is 10.7. The zero-order valence-electron chi connectivity index (χ0n) is 12.2. The van der Waals surface area contributed by atoms with Crippen LogP contribution in [0.5, 0.6) is 5.75 Å². The number of esters is 2. The van der Waals surface area contributed by atoms with Crippen molar-refractivity contribution in [2.45, 2.75) is 6.61 Å². The van der Waals surface area contributed by atoms with Gasteiger partial charge in [0, 0.05) is 5.56 Å². The van der Waals surface area contributed by atoms with Crippen molar-refractivity contribution >= 4 is 11.9 Å². The van der Waals surface area contributed by atoms with Crippen LogP contribution < -0.4 is 4.74 Å². The van der Waals surface area contributed by atoms with E-state index in [9.17, 15) is 9.59 Å². The van der Waals surface area contributed by atoms with Crippen LogP contribution in [0, 0.1) is 0 Å². The summed E-state index contributed by atoms with van der Waals surface area (Å²) >= 11 is 0. The van der Waals surface area contributed by atoms with Crippen molar-refractivity contribution < 1.29 is 23.8 Å². The number of fused-ring (bicyclic) bond motifs is 3. The van der Waals surface area contributed by atoms with E-state index in [1.165, 1.54) is 14.2 Å². The molecule has 0 aromatic heterocycles. The van der Waals surface area contributed by atoms with E-state index in [0.717, 1.165) is 16.7 Å². The first-order valence-corrected chi connectivity index (χ1v) is 6.71. The summed E-state index contributed by atoms with van der Waals surface area (Å²) in [6, 6.07) is 10.5. The Kier molecular flexibility index (Phi) is 3.55. The maximum Gasteiger partial charge on any atom is 0.341 e. The molecule has 0 bridgehead atoms. The molecule has 2 aromatic carbocycles. The lowest BCUT2D eigenvalue weighted by Crippen LogP contribution is -2.12. The molecule has 0 atom stereocenters. The summed E-state index contributed by atoms with van der Waals surface area (Å²) < 4.78 is 15.2. The molecule has 2 aromatic rings. The summed E-state index contributed by atoms with van der Waals surface area (Å²) in [4.78, 5) is 23.5. The van der Waals surface area contributed by atoms with Gasteiger partial charge in [0.05, 0.1) is 19.8 Å². The summed E-state index contributed by atoms with van der Waals surface area (Å²) in [5, 5.41) is 0. The standard InChI is InChI=1S/C17H14O5/c1-20-16(18)10-6-7-11-9-22-15-12(14(11)8-10)4-3-5-13(15)17(19)21-2/h3-8H,9H2,1-2H3. The quantitative estimate of drug-likeness (QED) is 0.798. The normalized spacial score (nSPS) is 11.7. The van der Waals surface area contributed by atoms with E-state index in [-0.39, 0.29) is 0 Å². The lowest BCUT2D eigenvalue weighted by atomic mass is 9.93. The average Bonchev–Trinajstić information content (AvgIpc) is 2.59. The molecule has 0 saturated heterocycles. The van der Waals surface area contributed by atoms with E-state index in [1.54, 1.807) is 24.3 Å². The molecule has 1 heterocycles. The number of hydrogen-bond acceptors (Lipinski definition) is 5. The first-order valence-electron chi connectivity index (χ1n) is 6.71. The Morgan fingerprint density at radius 1 is 1.00 bits per heavy atom. The lowest BCUT2D eigenvalue weighted by Gasteiger charge is -2.22. The highest BCUT2D eigenvalue weighted by atomic mass is 16.5. The second-order valence-corrected chi connectivity index (χ2v) is 4.83. The summed E-state index contributed by atoms with van der Waals surface area (Å²) in [5.74, 6) is -0.381. The fourth-order valence-electron chi connectivity index (χ4n) is 2.52. The Balaban J connectivity index is 2.17. The molecule has 1 aliphatic heterocycles. The third kappa shape index (κ3) is 2.20. The van der Waals surface area contributed by atoms with Crippen LogP contribution in [0.25, 0.3) is 11.1 Å². The lowest BCUT2D eigenvalue weighted by molar-refractivity contribution is 0.0588. The van der Waals surface area contributed by atoms with Crippen molar-refractivity contribution in [1.82, 2.24) is 0 Å². The van der Waals surface area contributed by atoms with E-state index in [4.69, 9.17) is 14.2 Å². The highest BCUT2D eigenvalue weighted by Crippen LogP contribution is 2.40. The highest BCUT2D eigenvalue weighted by molar-refractivity contribution is 5.97. The van der Waals surface area contributed by atoms with Gasteiger partial charge in [-0.3, -0.25) is 0 Å². The van der Waals surface area contributed by atoms with Crippen LogP contribution in [-0.2, 0) is 16.1 Å². The Morgan fingerprint density at radius 2 is 1.77 bits per heavy atom. The van der Waals surface area contributed by atoms with Crippen molar-refractivity contribution in [2.75, 3.05) is 14.2 Å². The van der Waals surface area contributed by atoms with Crippen LogP contribution in [0.1, 0.15) is 26.3 Å². The third-order valence-corrected chi connectivity index (χ3v) is 3.61. The molecule has 1 aliphatic rings. The molecule has 0 aliphatic carbocycles. The second kappa shape index (κ2) is 5.52. The fraction of sp³-hybridized carbons (Fsp3) is 0.176. The van der Waals surface area contributed by atoms with E-state index in [2.05, 4.69) is 0 Å². The van der Waals surface area contributed by atoms with Crippen LogP contribution in [0.15, 0.2) is 36.4 Å². The molecule has 0 unspecified atom stereocenters. The van der Waals surface area contributed by atoms with Crippen LogP contribution in [0.3, 0.4) is 0 Å². The van der Waals surface area contributed by atoms with Crippen LogP contribution in [0.4, 0.5) is 0 Å². The monoisotopic (exact) mass is 298 g/mol. The molecule has 0 N–H and O–H groups in total. The van der Waals surface area contributed by atoms with Gasteiger partial charge in [-0.05, 0) is 29.3 Å². The molecule has 3 rings (SSSR count). The Morgan fingerprint density at radius 3 is 2.50 bits per heavy atom. The largest absolute Gasteiger partial charge is 0.487 e. The molecule has 22 heavy (non-hydrogen) atoms. The maximum atomic E-state index is 11.8. The van der Waals surface area contributed by atoms with Gasteiger partial charge in [0.25, 0.3) is 0 Å². The molecule has 0 spiro atoms. The smallest absolute Gasteiger partial charge is 0.341 e. The first kappa shape index (κ1) is 14.1. The number of methoxy groups -OCH3 is 2. The highest BCUT2D eigenvalue weighted by Gasteiger charge is 2.24. The van der Waals surface area contributed by atoms with Gasteiger partial charge in [0.2, 0.25) is 0 Å². The SMILES string of the molecule is COC(=O)c1ccc2c(c1)-c1cccc(C(=O)OC)c1OC2. The predicted molar refractivity (Wildman–Crippen MR) is 78.9 cm³/mol. The van der Waals surface area contributed by atoms with Crippen LogP contribution in [0.2, 0.25) is 0 Å². The average molecular weight is 298 g/mol. The van der Waals surface area contributed by atoms with Gasteiger partial charge < -0.3 is 14.2 Å². The second-order valence-electron chi connectivity index (χ2n) is 4.83. The van der Waals surface area contributed by atoms with Gasteiger partial charge in [-0.1, -0.05) is 18.2 Å². The van der Waals surface area contributed by atoms with E-state index < -0.39 is 11.9 Å². The van der Waals surface area contributed by atoms with Gasteiger partial charge in [0.15, 0.2) is 0 Å². The molecular formula is C17H14O5. The maximum absolute atomic E-state index is 11.8. The molecule has 5 heteroatoms. The van der Waals surface area contributed by atoms with Crippen molar-refractivity contribution in [3.63, 3.8) is 0 Å². The number of carbonyl (C=O) groups is 2. The zero-order chi connectivity index (χ0) is 15.7. The van der Waals surface area contributed by atoms with Gasteiger partial charge in [0.1, 0.15) is 17.9 Å². The molecule has 0 amide bonds. The summed E-state index contributed by atoms with van der Waals surface area (Å²) in [6.07, 6.45) is 0. The van der Waals surface area contributed by atoms with E-state index in [1.807, 2.05) is 12.1 Å². The third-order valence-electron chi connectivity index (χ3n) is 3.61. The van der Waals surface area contributed by atoms with E-state index >= 15 is 0 Å². The Labute approximate surface area is 127 Å². The summed E-state index contributed by atoms with van der Waals surface area (Å²) in [5.41, 5.74) is 3.39. The molecule has 0 radical (unpaired) electrons. The summed E-state index contributed by atoms with van der Waals surface area (Å²) in [6.45, 7) is 0.331. The number of carbonyl (C=O) groups excluding carboxylic acids is 2. The molecule has 0 fully saturated rings. The van der Waals surface area contributed by atoms with Crippen LogP contribution in [-0.4, -0.2) is 26.2 Å². The van der Waals surface area contributed by atoms with Gasteiger partial charge in [-0.15, -0.1) is 0 Å². The number of ether oxygens (including phenoxy) is 3. The van der Waals surface area contributed by atoms with Crippen molar-refractivity contribution in [1.29, 1.82) is 0 Å². The van der Waals surface area contributed by atoms with Gasteiger partial charge in [-0.2, -0.15) is 0 Å². The molecule has 0 saturated carbocycles. The number of benzene rings is 2. The topological polar surface area (TPSA) is 61.8 Å². The van der Waals surface area contributed by atoms with Crippen molar-refractivity contribution in [2.24, 2.45) is 0 Å². The predicted octanol–water partition coefficient (Wildman–Crippen LogP) is 2.82. The zero-order valence-corrected chi connectivity index (χ0v) is 12.2. The fourth-order valence-corrected chi connectivity index (χ4v) is 2.52. The number of rotatable bonds is 2. The summed E-state index contributed by atoms with van der Waals surface area (Å²) in [7, 11) is 2.67. The minimum atomic E-state index is -0.454. The Bertz CT molecular complexity index is 764. The van der Waals surface area contributed by atoms with E-state index in [0.29, 0.717) is 23.5 Å². The van der Waals surface area contributed by atoms with Gasteiger partial charge >= 0.3 is 11.9 Å².